The first kappa shape index (κ1) is 24.7. The maximum absolute atomic E-state index is 7.52. The Balaban J connectivity index is 0.000000228. The summed E-state index contributed by atoms with van der Waals surface area (Å²) in [6.07, 6.45) is 3.29. The topological polar surface area (TPSA) is 38.9 Å². The Hall–Kier alpha value is -3.37. The van der Waals surface area contributed by atoms with Gasteiger partial charge in [0.15, 0.2) is 0 Å². The van der Waals surface area contributed by atoms with Crippen LogP contribution in [0.15, 0.2) is 89.6 Å². The molecule has 199 valence electrons. The molecule has 3 heterocycles. The Morgan fingerprint density at radius 1 is 0.769 bits per heavy atom. The van der Waals surface area contributed by atoms with Gasteiger partial charge in [0.1, 0.15) is 5.58 Å². The average molecular weight is 708 g/mol. The van der Waals surface area contributed by atoms with Crippen LogP contribution in [0.3, 0.4) is 0 Å². The van der Waals surface area contributed by atoms with Crippen LogP contribution in [-0.4, -0.2) is 18.0 Å². The van der Waals surface area contributed by atoms with Crippen molar-refractivity contribution in [2.45, 2.75) is 40.3 Å². The van der Waals surface area contributed by atoms with Crippen molar-refractivity contribution in [3.05, 3.63) is 114 Å². The first-order valence-electron chi connectivity index (χ1n) is 14.2. The van der Waals surface area contributed by atoms with E-state index in [1.165, 1.54) is 22.5 Å². The molecule has 0 spiro atoms. The first-order valence-corrected chi connectivity index (χ1v) is 16.2. The van der Waals surface area contributed by atoms with Gasteiger partial charge in [0.05, 0.1) is 5.58 Å². The third-order valence-electron chi connectivity index (χ3n) is 6.44. The smallest absolute Gasteiger partial charge is 0.120 e. The molecule has 0 unspecified atom stereocenters. The number of hydrogen-bond donors (Lipinski definition) is 0. The second kappa shape index (κ2) is 11.8. The third-order valence-corrected chi connectivity index (χ3v) is 8.45. The quantitative estimate of drug-likeness (QED) is 0.137. The fourth-order valence-electron chi connectivity index (χ4n) is 4.38. The Kier molecular flexibility index (Phi) is 7.45. The molecule has 6 aromatic rings. The number of pyridine rings is 2. The van der Waals surface area contributed by atoms with Crippen LogP contribution in [0.4, 0.5) is 0 Å². The molecule has 0 fully saturated rings. The second-order valence-electron chi connectivity index (χ2n) is 10.6. The molecule has 0 amide bonds. The van der Waals surface area contributed by atoms with Crippen molar-refractivity contribution < 1.29 is 28.6 Å². The molecule has 0 N–H and O–H groups in total. The maximum Gasteiger partial charge on any atom is 0.120 e. The van der Waals surface area contributed by atoms with Crippen LogP contribution in [-0.2, 0) is 20.1 Å². The summed E-state index contributed by atoms with van der Waals surface area (Å²) in [6.45, 7) is 8.85. The van der Waals surface area contributed by atoms with Gasteiger partial charge in [-0.15, -0.1) is 52.7 Å². The number of fused-ring (bicyclic) bond motifs is 3. The van der Waals surface area contributed by atoms with Crippen LogP contribution in [0.25, 0.3) is 44.5 Å². The van der Waals surface area contributed by atoms with E-state index in [1.54, 1.807) is 12.1 Å². The molecule has 0 atom stereocenters. The predicted octanol–water partition coefficient (Wildman–Crippen LogP) is 8.46. The Morgan fingerprint density at radius 3 is 2.10 bits per heavy atom. The minimum atomic E-state index is -2.16. The normalized spacial score (nSPS) is 12.6. The van der Waals surface area contributed by atoms with Crippen LogP contribution in [0.2, 0.25) is 19.6 Å². The number of para-hydroxylation sites is 1. The van der Waals surface area contributed by atoms with Gasteiger partial charge in [0, 0.05) is 50.1 Å². The minimum Gasteiger partial charge on any atom is -0.501 e. The van der Waals surface area contributed by atoms with Gasteiger partial charge >= 0.3 is 0 Å². The largest absolute Gasteiger partial charge is 0.501 e. The zero-order chi connectivity index (χ0) is 29.4. The van der Waals surface area contributed by atoms with Gasteiger partial charge in [-0.25, -0.2) is 0 Å². The van der Waals surface area contributed by atoms with Crippen molar-refractivity contribution in [1.82, 2.24) is 9.97 Å². The van der Waals surface area contributed by atoms with E-state index in [0.717, 1.165) is 38.8 Å². The van der Waals surface area contributed by atoms with E-state index >= 15 is 0 Å². The Bertz CT molecular complexity index is 1760. The van der Waals surface area contributed by atoms with Crippen molar-refractivity contribution in [2.75, 3.05) is 0 Å². The summed E-state index contributed by atoms with van der Waals surface area (Å²) < 4.78 is 28.8. The molecule has 0 aliphatic rings. The summed E-state index contributed by atoms with van der Waals surface area (Å²) in [6, 6.07) is 30.2. The molecule has 39 heavy (non-hydrogen) atoms. The molecule has 0 aliphatic carbocycles. The summed E-state index contributed by atoms with van der Waals surface area (Å²) in [5.74, 6) is 0. The molecule has 3 aromatic carbocycles. The molecule has 1 radical (unpaired) electrons. The van der Waals surface area contributed by atoms with Crippen LogP contribution in [0.1, 0.15) is 20.8 Å². The predicted molar refractivity (Wildman–Crippen MR) is 161 cm³/mol. The van der Waals surface area contributed by atoms with Crippen LogP contribution in [0, 0.1) is 32.8 Å². The molecular weight excluding hydrogens is 673 g/mol. The number of nitrogens with zero attached hydrogens (tertiary/aromatic N) is 2. The molecule has 0 saturated carbocycles. The van der Waals surface area contributed by atoms with E-state index in [4.69, 9.17) is 8.53 Å². The molecular formula is C34H32IrN2OSi-2. The monoisotopic (exact) mass is 708 g/mol. The van der Waals surface area contributed by atoms with Crippen molar-refractivity contribution in [1.29, 1.82) is 0 Å². The third kappa shape index (κ3) is 6.28. The molecule has 3 nitrogen and oxygen atoms in total. The number of aryl methyl sites for hydroxylation is 3. The van der Waals surface area contributed by atoms with Crippen molar-refractivity contribution in [3.63, 3.8) is 0 Å². The van der Waals surface area contributed by atoms with E-state index in [2.05, 4.69) is 72.9 Å². The van der Waals surface area contributed by atoms with Crippen molar-refractivity contribution >= 4 is 35.2 Å². The van der Waals surface area contributed by atoms with Gasteiger partial charge in [-0.2, -0.15) is 0 Å². The minimum absolute atomic E-state index is 0. The van der Waals surface area contributed by atoms with E-state index < -0.39 is 14.9 Å². The van der Waals surface area contributed by atoms with Crippen molar-refractivity contribution in [2.24, 2.45) is 0 Å². The van der Waals surface area contributed by atoms with E-state index in [1.807, 2.05) is 49.5 Å². The van der Waals surface area contributed by atoms with E-state index in [0.29, 0.717) is 5.69 Å². The molecule has 5 heteroatoms. The number of aromatic nitrogens is 2. The van der Waals surface area contributed by atoms with Crippen molar-refractivity contribution in [3.8, 4) is 22.5 Å². The molecule has 3 aromatic heterocycles. The molecule has 6 rings (SSSR count). The summed E-state index contributed by atoms with van der Waals surface area (Å²) in [4.78, 5) is 8.73. The van der Waals surface area contributed by atoms with Gasteiger partial charge in [-0.1, -0.05) is 80.0 Å². The summed E-state index contributed by atoms with van der Waals surface area (Å²) in [5, 5.41) is 3.52. The first-order chi connectivity index (χ1) is 19.4. The fourth-order valence-corrected chi connectivity index (χ4v) is 5.89. The Morgan fingerprint density at radius 2 is 1.46 bits per heavy atom. The van der Waals surface area contributed by atoms with Gasteiger partial charge in [-0.05, 0) is 42.4 Å². The average Bonchev–Trinajstić information content (AvgIpc) is 3.33. The maximum atomic E-state index is 7.52. The number of furan rings is 1. The van der Waals surface area contributed by atoms with Gasteiger partial charge in [0.2, 0.25) is 0 Å². The van der Waals surface area contributed by atoms with Gasteiger partial charge in [0.25, 0.3) is 0 Å². The summed E-state index contributed by atoms with van der Waals surface area (Å²) >= 11 is 0. The standard InChI is InChI=1S/C21H20NOSi.C13H12N.Ir/c1-14-9-11-17(22-13-14)15-10-12-19(24(2,3)4)20-16-7-5-6-8-18(16)23-21(15)20;1-10-3-6-12(7-4-10)13-8-5-11(2)9-14-13;/h5-9,11-13H,1-4H3;3-6,8-9H,1-2H3;/q2*-1;/i1D3;;. The van der Waals surface area contributed by atoms with Crippen LogP contribution >= 0.6 is 0 Å². The van der Waals surface area contributed by atoms with Gasteiger partial charge < -0.3 is 14.4 Å². The Labute approximate surface area is 249 Å². The zero-order valence-electron chi connectivity index (χ0n) is 25.7. The van der Waals surface area contributed by atoms with E-state index in [-0.39, 0.29) is 25.7 Å². The fraction of sp³-hybridized carbons (Fsp3) is 0.176. The molecule has 0 saturated heterocycles. The zero-order valence-corrected chi connectivity index (χ0v) is 26.1. The summed E-state index contributed by atoms with van der Waals surface area (Å²) in [5.41, 5.74) is 7.70. The molecule has 0 bridgehead atoms. The van der Waals surface area contributed by atoms with Gasteiger partial charge in [-0.3, -0.25) is 0 Å². The SMILES string of the molecule is Cc1c[c-]c(-c2ccc(C)cn2)cc1.[2H]C([2H])([2H])c1ccc(-c2[c-]cc([Si](C)(C)C)c3c2oc2ccccc23)nc1.[Ir]. The number of benzene rings is 3. The van der Waals surface area contributed by atoms with E-state index in [9.17, 15) is 0 Å². The van der Waals surface area contributed by atoms with Crippen LogP contribution in [0.5, 0.6) is 0 Å². The number of hydrogen-bond acceptors (Lipinski definition) is 3. The summed E-state index contributed by atoms with van der Waals surface area (Å²) in [7, 11) is -1.62. The number of rotatable bonds is 3. The molecule has 0 aliphatic heterocycles. The van der Waals surface area contributed by atoms with Crippen LogP contribution < -0.4 is 5.19 Å². The second-order valence-corrected chi connectivity index (χ2v) is 15.6.